The fourth-order valence-electron chi connectivity index (χ4n) is 2.19. The lowest BCUT2D eigenvalue weighted by Crippen LogP contribution is -2.27. The van der Waals surface area contributed by atoms with Gasteiger partial charge in [-0.3, -0.25) is 9.59 Å². The van der Waals surface area contributed by atoms with Crippen LogP contribution in [0.25, 0.3) is 11.0 Å². The van der Waals surface area contributed by atoms with Crippen LogP contribution >= 0.6 is 11.3 Å². The molecule has 0 saturated heterocycles. The molecule has 1 aromatic carbocycles. The van der Waals surface area contributed by atoms with Gasteiger partial charge in [0.15, 0.2) is 11.5 Å². The van der Waals surface area contributed by atoms with Gasteiger partial charge in [-0.05, 0) is 37.6 Å². The number of hydrogen-bond acceptors (Lipinski definition) is 7. The van der Waals surface area contributed by atoms with Crippen LogP contribution in [-0.4, -0.2) is 28.3 Å². The molecule has 0 fully saturated rings. The summed E-state index contributed by atoms with van der Waals surface area (Å²) in [5, 5.41) is 3.98. The molecule has 0 aliphatic heterocycles. The molecular formula is C16H15N3O4S. The number of benzene rings is 1. The van der Waals surface area contributed by atoms with E-state index in [0.29, 0.717) is 22.6 Å². The van der Waals surface area contributed by atoms with Crippen LogP contribution in [0.1, 0.15) is 18.2 Å². The Bertz CT molecular complexity index is 1070. The lowest BCUT2D eigenvalue weighted by molar-refractivity contribution is 0.311. The third kappa shape index (κ3) is 2.88. The average Bonchev–Trinajstić information content (AvgIpc) is 2.85. The van der Waals surface area contributed by atoms with Crippen LogP contribution in [0, 0.1) is 6.92 Å². The van der Waals surface area contributed by atoms with Crippen molar-refractivity contribution in [3.05, 3.63) is 54.7 Å². The van der Waals surface area contributed by atoms with Gasteiger partial charge in [-0.15, -0.1) is 0 Å². The van der Waals surface area contributed by atoms with Crippen molar-refractivity contribution in [3.63, 3.8) is 0 Å². The number of methoxy groups -OCH3 is 1. The quantitative estimate of drug-likeness (QED) is 0.695. The molecule has 0 spiro atoms. The number of fused-ring (bicyclic) bond motifs is 1. The van der Waals surface area contributed by atoms with E-state index in [4.69, 9.17) is 9.47 Å². The van der Waals surface area contributed by atoms with Gasteiger partial charge in [-0.1, -0.05) is 17.4 Å². The highest BCUT2D eigenvalue weighted by atomic mass is 32.1. The normalized spacial score (nSPS) is 11.9. The molecule has 124 valence electrons. The van der Waals surface area contributed by atoms with Crippen molar-refractivity contribution in [2.45, 2.75) is 13.8 Å². The van der Waals surface area contributed by atoms with Crippen LogP contribution < -0.4 is 25.1 Å². The Morgan fingerprint density at radius 3 is 2.79 bits per heavy atom. The van der Waals surface area contributed by atoms with E-state index in [1.54, 1.807) is 25.3 Å². The van der Waals surface area contributed by atoms with Crippen molar-refractivity contribution in [1.82, 2.24) is 14.6 Å². The highest BCUT2D eigenvalue weighted by Gasteiger charge is 2.09. The fourth-order valence-corrected chi connectivity index (χ4v) is 3.09. The largest absolute Gasteiger partial charge is 0.493 e. The zero-order valence-corrected chi connectivity index (χ0v) is 14.2. The Labute approximate surface area is 140 Å². The average molecular weight is 345 g/mol. The molecule has 0 aliphatic carbocycles. The number of aromatic nitrogens is 3. The molecule has 0 atom stereocenters. The lowest BCUT2D eigenvalue weighted by atomic mass is 10.2. The topological polar surface area (TPSA) is 82.8 Å². The van der Waals surface area contributed by atoms with Gasteiger partial charge in [0.2, 0.25) is 4.96 Å². The molecule has 0 bridgehead atoms. The number of hydrogen-bond donors (Lipinski definition) is 0. The Kier molecular flexibility index (Phi) is 4.30. The van der Waals surface area contributed by atoms with Crippen molar-refractivity contribution < 1.29 is 9.47 Å². The summed E-state index contributed by atoms with van der Waals surface area (Å²) in [7, 11) is 1.56. The van der Waals surface area contributed by atoms with Crippen LogP contribution in [0.15, 0.2) is 27.8 Å². The van der Waals surface area contributed by atoms with E-state index in [-0.39, 0.29) is 16.2 Å². The first-order valence-electron chi connectivity index (χ1n) is 7.26. The second-order valence-corrected chi connectivity index (χ2v) is 5.96. The van der Waals surface area contributed by atoms with Crippen LogP contribution in [0.5, 0.6) is 11.5 Å². The summed E-state index contributed by atoms with van der Waals surface area (Å²) in [4.78, 5) is 28.1. The van der Waals surface area contributed by atoms with Crippen molar-refractivity contribution in [2.24, 2.45) is 0 Å². The predicted octanol–water partition coefficient (Wildman–Crippen LogP) is 0.775. The van der Waals surface area contributed by atoms with E-state index in [0.717, 1.165) is 21.4 Å². The first-order chi connectivity index (χ1) is 11.5. The fraction of sp³-hybridized carbons (Fsp3) is 0.250. The van der Waals surface area contributed by atoms with Crippen LogP contribution in [-0.2, 0) is 0 Å². The van der Waals surface area contributed by atoms with E-state index in [9.17, 15) is 9.59 Å². The zero-order valence-electron chi connectivity index (χ0n) is 13.4. The van der Waals surface area contributed by atoms with E-state index in [2.05, 4.69) is 10.1 Å². The van der Waals surface area contributed by atoms with E-state index < -0.39 is 5.56 Å². The molecule has 0 amide bonds. The van der Waals surface area contributed by atoms with Crippen molar-refractivity contribution in [1.29, 1.82) is 0 Å². The standard InChI is InChI=1S/C16H15N3O4S/c1-4-23-11-6-5-10(7-12(11)22-3)8-13-15(21)19-16(24-13)17-14(20)9(2)18-19/h5-8H,4H2,1-3H3/b13-8-. The molecule has 3 rings (SSSR count). The van der Waals surface area contributed by atoms with Crippen LogP contribution in [0.4, 0.5) is 0 Å². The second-order valence-electron chi connectivity index (χ2n) is 4.96. The maximum Gasteiger partial charge on any atom is 0.295 e. The number of thiazole rings is 1. The Balaban J connectivity index is 2.15. The first kappa shape index (κ1) is 16.1. The van der Waals surface area contributed by atoms with Gasteiger partial charge < -0.3 is 9.47 Å². The third-order valence-corrected chi connectivity index (χ3v) is 4.29. The summed E-state index contributed by atoms with van der Waals surface area (Å²) in [5.41, 5.74) is 0.235. The van der Waals surface area contributed by atoms with Crippen LogP contribution in [0.3, 0.4) is 0 Å². The van der Waals surface area contributed by atoms with Crippen molar-refractivity contribution in [2.75, 3.05) is 13.7 Å². The zero-order chi connectivity index (χ0) is 17.3. The molecular weight excluding hydrogens is 330 g/mol. The van der Waals surface area contributed by atoms with Crippen LogP contribution in [0.2, 0.25) is 0 Å². The van der Waals surface area contributed by atoms with E-state index in [1.165, 1.54) is 6.92 Å². The summed E-state index contributed by atoms with van der Waals surface area (Å²) < 4.78 is 12.4. The summed E-state index contributed by atoms with van der Waals surface area (Å²) >= 11 is 1.12. The van der Waals surface area contributed by atoms with Crippen molar-refractivity contribution in [3.8, 4) is 11.5 Å². The van der Waals surface area contributed by atoms with E-state index in [1.807, 2.05) is 13.0 Å². The number of nitrogens with zero attached hydrogens (tertiary/aromatic N) is 3. The predicted molar refractivity (Wildman–Crippen MR) is 91.1 cm³/mol. The Morgan fingerprint density at radius 2 is 2.08 bits per heavy atom. The second kappa shape index (κ2) is 6.40. The molecule has 0 saturated carbocycles. The molecule has 0 radical (unpaired) electrons. The number of ether oxygens (including phenoxy) is 2. The Hall–Kier alpha value is -2.74. The SMILES string of the molecule is CCOc1ccc(/C=c2\sc3nc(=O)c(C)nn3c2=O)cc1OC. The highest BCUT2D eigenvalue weighted by Crippen LogP contribution is 2.28. The molecule has 8 heteroatoms. The summed E-state index contributed by atoms with van der Waals surface area (Å²) in [6, 6.07) is 5.40. The highest BCUT2D eigenvalue weighted by molar-refractivity contribution is 7.15. The van der Waals surface area contributed by atoms with Gasteiger partial charge in [-0.2, -0.15) is 14.6 Å². The van der Waals surface area contributed by atoms with Gasteiger partial charge in [0.05, 0.1) is 18.2 Å². The van der Waals surface area contributed by atoms with Gasteiger partial charge in [0.25, 0.3) is 11.1 Å². The van der Waals surface area contributed by atoms with Gasteiger partial charge >= 0.3 is 0 Å². The molecule has 2 heterocycles. The summed E-state index contributed by atoms with van der Waals surface area (Å²) in [5.74, 6) is 1.22. The molecule has 2 aromatic heterocycles. The minimum atomic E-state index is -0.425. The monoisotopic (exact) mass is 345 g/mol. The molecule has 3 aromatic rings. The third-order valence-electron chi connectivity index (χ3n) is 3.33. The summed E-state index contributed by atoms with van der Waals surface area (Å²) in [6.45, 7) is 3.95. The molecule has 24 heavy (non-hydrogen) atoms. The smallest absolute Gasteiger partial charge is 0.295 e. The summed E-state index contributed by atoms with van der Waals surface area (Å²) in [6.07, 6.45) is 1.71. The maximum absolute atomic E-state index is 12.4. The van der Waals surface area contributed by atoms with E-state index >= 15 is 0 Å². The minimum Gasteiger partial charge on any atom is -0.493 e. The Morgan fingerprint density at radius 1 is 1.29 bits per heavy atom. The lowest BCUT2D eigenvalue weighted by Gasteiger charge is -2.09. The van der Waals surface area contributed by atoms with Gasteiger partial charge in [-0.25, -0.2) is 0 Å². The van der Waals surface area contributed by atoms with Gasteiger partial charge in [0, 0.05) is 0 Å². The number of rotatable bonds is 4. The number of aryl methyl sites for hydroxylation is 1. The maximum atomic E-state index is 12.4. The van der Waals surface area contributed by atoms with Crippen molar-refractivity contribution >= 4 is 22.4 Å². The van der Waals surface area contributed by atoms with Gasteiger partial charge in [0.1, 0.15) is 5.69 Å². The molecule has 0 N–H and O–H groups in total. The molecule has 0 unspecified atom stereocenters. The molecule has 0 aliphatic rings. The molecule has 7 nitrogen and oxygen atoms in total. The first-order valence-corrected chi connectivity index (χ1v) is 8.08. The minimum absolute atomic E-state index is 0.191.